The van der Waals surface area contributed by atoms with Gasteiger partial charge in [-0.3, -0.25) is 4.79 Å². The minimum atomic E-state index is -0.0598. The molecule has 0 heterocycles. The molecule has 0 fully saturated rings. The van der Waals surface area contributed by atoms with Crippen LogP contribution in [0.3, 0.4) is 0 Å². The third kappa shape index (κ3) is 7.02. The van der Waals surface area contributed by atoms with Crippen molar-refractivity contribution >= 4 is 23.6 Å². The van der Waals surface area contributed by atoms with Crippen LogP contribution in [0.1, 0.15) is 44.6 Å². The minimum Gasteiger partial charge on any atom is -0.353 e. The second-order valence-electron chi connectivity index (χ2n) is 4.56. The fourth-order valence-corrected chi connectivity index (χ4v) is 1.97. The number of carbonyl (C=O) groups excluding carboxylic acids is 1. The molecule has 1 amide bonds. The highest BCUT2D eigenvalue weighted by Crippen LogP contribution is 2.15. The highest BCUT2D eigenvalue weighted by Gasteiger charge is 1.97. The molecule has 0 saturated carbocycles. The SMILES string of the molecule is CCCCCCCNC(=O)C=Cc1ccccc1Cl. The van der Waals surface area contributed by atoms with Crippen LogP contribution in [0.15, 0.2) is 30.3 Å². The van der Waals surface area contributed by atoms with Gasteiger partial charge in [0.15, 0.2) is 0 Å². The fraction of sp³-hybridized carbons (Fsp3) is 0.438. The van der Waals surface area contributed by atoms with E-state index in [1.165, 1.54) is 31.8 Å². The molecule has 2 nitrogen and oxygen atoms in total. The first-order chi connectivity index (χ1) is 9.24. The summed E-state index contributed by atoms with van der Waals surface area (Å²) in [4.78, 5) is 11.6. The van der Waals surface area contributed by atoms with Gasteiger partial charge in [0, 0.05) is 17.6 Å². The third-order valence-electron chi connectivity index (χ3n) is 2.90. The minimum absolute atomic E-state index is 0.0598. The Labute approximate surface area is 120 Å². The predicted octanol–water partition coefficient (Wildman–Crippen LogP) is 4.44. The summed E-state index contributed by atoms with van der Waals surface area (Å²) in [7, 11) is 0. The van der Waals surface area contributed by atoms with Gasteiger partial charge in [0.2, 0.25) is 5.91 Å². The van der Waals surface area contributed by atoms with Crippen molar-refractivity contribution in [3.63, 3.8) is 0 Å². The van der Waals surface area contributed by atoms with E-state index in [0.29, 0.717) is 5.02 Å². The molecule has 0 aromatic heterocycles. The molecular weight excluding hydrogens is 258 g/mol. The highest BCUT2D eigenvalue weighted by atomic mass is 35.5. The summed E-state index contributed by atoms with van der Waals surface area (Å²) in [6, 6.07) is 7.47. The Bertz CT molecular complexity index is 415. The fourth-order valence-electron chi connectivity index (χ4n) is 1.77. The van der Waals surface area contributed by atoms with E-state index < -0.39 is 0 Å². The Kier molecular flexibility index (Phi) is 7.99. The molecule has 0 bridgehead atoms. The summed E-state index contributed by atoms with van der Waals surface area (Å²) in [6.45, 7) is 2.94. The number of halogens is 1. The second kappa shape index (κ2) is 9.62. The number of hydrogen-bond donors (Lipinski definition) is 1. The van der Waals surface area contributed by atoms with Crippen LogP contribution in [0.5, 0.6) is 0 Å². The quantitative estimate of drug-likeness (QED) is 0.553. The molecule has 1 N–H and O–H groups in total. The molecule has 0 aliphatic rings. The third-order valence-corrected chi connectivity index (χ3v) is 3.24. The van der Waals surface area contributed by atoms with Crippen molar-refractivity contribution in [2.75, 3.05) is 6.54 Å². The first kappa shape index (κ1) is 15.8. The second-order valence-corrected chi connectivity index (χ2v) is 4.97. The molecule has 0 aliphatic heterocycles. The van der Waals surface area contributed by atoms with E-state index >= 15 is 0 Å². The molecule has 1 aromatic carbocycles. The van der Waals surface area contributed by atoms with Gasteiger partial charge in [-0.2, -0.15) is 0 Å². The summed E-state index contributed by atoms with van der Waals surface area (Å²) in [6.07, 6.45) is 9.28. The highest BCUT2D eigenvalue weighted by molar-refractivity contribution is 6.32. The Morgan fingerprint density at radius 2 is 1.95 bits per heavy atom. The van der Waals surface area contributed by atoms with Crippen LogP contribution in [0.25, 0.3) is 6.08 Å². The zero-order valence-corrected chi connectivity index (χ0v) is 12.2. The lowest BCUT2D eigenvalue weighted by Crippen LogP contribution is -2.21. The maximum atomic E-state index is 11.6. The maximum Gasteiger partial charge on any atom is 0.243 e. The first-order valence-electron chi connectivity index (χ1n) is 6.94. The molecule has 0 unspecified atom stereocenters. The zero-order chi connectivity index (χ0) is 13.9. The van der Waals surface area contributed by atoms with Crippen LogP contribution in [0.2, 0.25) is 5.02 Å². The van der Waals surface area contributed by atoms with E-state index in [-0.39, 0.29) is 5.91 Å². The lowest BCUT2D eigenvalue weighted by molar-refractivity contribution is -0.116. The lowest BCUT2D eigenvalue weighted by atomic mass is 10.1. The number of benzene rings is 1. The van der Waals surface area contributed by atoms with Gasteiger partial charge >= 0.3 is 0 Å². The van der Waals surface area contributed by atoms with Crippen LogP contribution in [0, 0.1) is 0 Å². The van der Waals surface area contributed by atoms with Gasteiger partial charge < -0.3 is 5.32 Å². The molecule has 0 atom stereocenters. The Balaban J connectivity index is 2.22. The van der Waals surface area contributed by atoms with E-state index in [1.807, 2.05) is 24.3 Å². The molecule has 1 aromatic rings. The summed E-state index contributed by atoms with van der Waals surface area (Å²) in [5.74, 6) is -0.0598. The van der Waals surface area contributed by atoms with Gasteiger partial charge in [-0.1, -0.05) is 62.4 Å². The topological polar surface area (TPSA) is 29.1 Å². The van der Waals surface area contributed by atoms with E-state index in [4.69, 9.17) is 11.6 Å². The number of rotatable bonds is 8. The van der Waals surface area contributed by atoms with E-state index in [9.17, 15) is 4.79 Å². The number of nitrogens with one attached hydrogen (secondary N) is 1. The van der Waals surface area contributed by atoms with Gasteiger partial charge in [0.1, 0.15) is 0 Å². The number of hydrogen-bond acceptors (Lipinski definition) is 1. The number of amides is 1. The number of unbranched alkanes of at least 4 members (excludes halogenated alkanes) is 4. The molecule has 3 heteroatoms. The summed E-state index contributed by atoms with van der Waals surface area (Å²) in [5, 5.41) is 3.54. The Morgan fingerprint density at radius 1 is 1.21 bits per heavy atom. The van der Waals surface area contributed by atoms with Gasteiger partial charge in [0.25, 0.3) is 0 Å². The molecule has 0 radical (unpaired) electrons. The molecule has 1 rings (SSSR count). The Hall–Kier alpha value is -1.28. The standard InChI is InChI=1S/C16H22ClNO/c1-2-3-4-5-8-13-18-16(19)12-11-14-9-6-7-10-15(14)17/h6-7,9-12H,2-5,8,13H2,1H3,(H,18,19). The maximum absolute atomic E-state index is 11.6. The normalized spacial score (nSPS) is 10.8. The van der Waals surface area contributed by atoms with Crippen LogP contribution in [-0.2, 0) is 4.79 Å². The van der Waals surface area contributed by atoms with Gasteiger partial charge in [-0.25, -0.2) is 0 Å². The molecule has 0 aliphatic carbocycles. The lowest BCUT2D eigenvalue weighted by Gasteiger charge is -2.02. The van der Waals surface area contributed by atoms with Crippen molar-refractivity contribution in [3.05, 3.63) is 40.9 Å². The van der Waals surface area contributed by atoms with Crippen LogP contribution >= 0.6 is 11.6 Å². The van der Waals surface area contributed by atoms with Gasteiger partial charge in [-0.15, -0.1) is 0 Å². The zero-order valence-electron chi connectivity index (χ0n) is 11.5. The summed E-state index contributed by atoms with van der Waals surface area (Å²) in [5.41, 5.74) is 0.863. The monoisotopic (exact) mass is 279 g/mol. The molecule has 19 heavy (non-hydrogen) atoms. The smallest absolute Gasteiger partial charge is 0.243 e. The molecular formula is C16H22ClNO. The van der Waals surface area contributed by atoms with Crippen molar-refractivity contribution < 1.29 is 4.79 Å². The van der Waals surface area contributed by atoms with Gasteiger partial charge in [-0.05, 0) is 24.1 Å². The number of carbonyl (C=O) groups is 1. The molecule has 104 valence electrons. The van der Waals surface area contributed by atoms with Crippen molar-refractivity contribution in [3.8, 4) is 0 Å². The average Bonchev–Trinajstić information content (AvgIpc) is 2.42. The predicted molar refractivity (Wildman–Crippen MR) is 82.3 cm³/mol. The first-order valence-corrected chi connectivity index (χ1v) is 7.32. The largest absolute Gasteiger partial charge is 0.353 e. The van der Waals surface area contributed by atoms with Crippen molar-refractivity contribution in [1.82, 2.24) is 5.32 Å². The summed E-state index contributed by atoms with van der Waals surface area (Å²) < 4.78 is 0. The molecule has 0 spiro atoms. The average molecular weight is 280 g/mol. The summed E-state index contributed by atoms with van der Waals surface area (Å²) >= 11 is 6.00. The van der Waals surface area contributed by atoms with Gasteiger partial charge in [0.05, 0.1) is 0 Å². The van der Waals surface area contributed by atoms with E-state index in [2.05, 4.69) is 12.2 Å². The van der Waals surface area contributed by atoms with Crippen molar-refractivity contribution in [2.45, 2.75) is 39.0 Å². The Morgan fingerprint density at radius 3 is 2.68 bits per heavy atom. The van der Waals surface area contributed by atoms with Crippen LogP contribution < -0.4 is 5.32 Å². The van der Waals surface area contributed by atoms with Crippen LogP contribution in [0.4, 0.5) is 0 Å². The van der Waals surface area contributed by atoms with E-state index in [0.717, 1.165) is 18.5 Å². The van der Waals surface area contributed by atoms with Crippen LogP contribution in [-0.4, -0.2) is 12.5 Å². The molecule has 0 saturated heterocycles. The van der Waals surface area contributed by atoms with Crippen molar-refractivity contribution in [2.24, 2.45) is 0 Å². The van der Waals surface area contributed by atoms with Crippen molar-refractivity contribution in [1.29, 1.82) is 0 Å². The van der Waals surface area contributed by atoms with E-state index in [1.54, 1.807) is 6.08 Å².